The number of methoxy groups -OCH3 is 1. The summed E-state index contributed by atoms with van der Waals surface area (Å²) < 4.78 is 36.0. The molecule has 0 saturated carbocycles. The fraction of sp³-hybridized carbons (Fsp3) is 0.111. The van der Waals surface area contributed by atoms with Gasteiger partial charge in [0.25, 0.3) is 16.0 Å². The van der Waals surface area contributed by atoms with Crippen LogP contribution in [0.5, 0.6) is 5.75 Å². The van der Waals surface area contributed by atoms with Gasteiger partial charge in [-0.05, 0) is 42.0 Å². The molecular weight excluding hydrogens is 370 g/mol. The first-order chi connectivity index (χ1) is 12.8. The van der Waals surface area contributed by atoms with Crippen LogP contribution in [-0.2, 0) is 21.5 Å². The van der Waals surface area contributed by atoms with E-state index in [0.717, 1.165) is 5.56 Å². The highest BCUT2D eigenvalue weighted by Gasteiger charge is 2.10. The molecule has 2 aromatic carbocycles. The molecule has 3 N–H and O–H groups in total. The Bertz CT molecular complexity index is 975. The van der Waals surface area contributed by atoms with Crippen molar-refractivity contribution in [2.24, 2.45) is 0 Å². The Morgan fingerprint density at radius 2 is 1.81 bits per heavy atom. The molecule has 0 unspecified atom stereocenters. The van der Waals surface area contributed by atoms with Gasteiger partial charge in [0.2, 0.25) is 0 Å². The molecular formula is C18H17N3O5S. The SMILES string of the molecule is COc1ccc(CNC(=O)/C(C#N)=C\Nc2ccc(S(=O)(=O)O)cc2)cc1. The van der Waals surface area contributed by atoms with E-state index in [1.54, 1.807) is 37.4 Å². The molecule has 8 nitrogen and oxygen atoms in total. The molecule has 2 aromatic rings. The molecule has 0 radical (unpaired) electrons. The van der Waals surface area contributed by atoms with Crippen LogP contribution in [0.4, 0.5) is 5.69 Å². The lowest BCUT2D eigenvalue weighted by Gasteiger charge is -2.06. The summed E-state index contributed by atoms with van der Waals surface area (Å²) in [4.78, 5) is 11.8. The van der Waals surface area contributed by atoms with Crippen LogP contribution < -0.4 is 15.4 Å². The van der Waals surface area contributed by atoms with Gasteiger partial charge in [0.05, 0.1) is 12.0 Å². The van der Waals surface area contributed by atoms with Crippen molar-refractivity contribution in [3.63, 3.8) is 0 Å². The number of rotatable bonds is 7. The molecule has 0 atom stereocenters. The summed E-state index contributed by atoms with van der Waals surface area (Å²) >= 11 is 0. The Balaban J connectivity index is 1.98. The van der Waals surface area contributed by atoms with E-state index in [4.69, 9.17) is 14.6 Å². The summed E-state index contributed by atoms with van der Waals surface area (Å²) in [5.74, 6) is 0.141. The van der Waals surface area contributed by atoms with Crippen LogP contribution in [0.2, 0.25) is 0 Å². The van der Waals surface area contributed by atoms with E-state index in [9.17, 15) is 13.2 Å². The molecule has 0 aliphatic rings. The average molecular weight is 387 g/mol. The highest BCUT2D eigenvalue weighted by Crippen LogP contribution is 2.14. The lowest BCUT2D eigenvalue weighted by atomic mass is 10.2. The summed E-state index contributed by atoms with van der Waals surface area (Å²) in [6.07, 6.45) is 1.21. The Morgan fingerprint density at radius 1 is 1.19 bits per heavy atom. The number of ether oxygens (including phenoxy) is 1. The zero-order chi connectivity index (χ0) is 19.9. The summed E-state index contributed by atoms with van der Waals surface area (Å²) in [6, 6.07) is 14.1. The van der Waals surface area contributed by atoms with Crippen LogP contribution in [0.25, 0.3) is 0 Å². The minimum absolute atomic E-state index is 0.151. The van der Waals surface area contributed by atoms with E-state index in [1.807, 2.05) is 0 Å². The van der Waals surface area contributed by atoms with Crippen LogP contribution in [0.3, 0.4) is 0 Å². The largest absolute Gasteiger partial charge is 0.497 e. The fourth-order valence-electron chi connectivity index (χ4n) is 2.05. The second kappa shape index (κ2) is 8.84. The van der Waals surface area contributed by atoms with Gasteiger partial charge < -0.3 is 15.4 Å². The average Bonchev–Trinajstić information content (AvgIpc) is 2.67. The highest BCUT2D eigenvalue weighted by atomic mass is 32.2. The minimum Gasteiger partial charge on any atom is -0.497 e. The number of benzene rings is 2. The van der Waals surface area contributed by atoms with E-state index < -0.39 is 16.0 Å². The molecule has 140 valence electrons. The van der Waals surface area contributed by atoms with Gasteiger partial charge in [0.1, 0.15) is 17.4 Å². The van der Waals surface area contributed by atoms with E-state index >= 15 is 0 Å². The molecule has 0 spiro atoms. The van der Waals surface area contributed by atoms with Crippen molar-refractivity contribution in [1.29, 1.82) is 5.26 Å². The Morgan fingerprint density at radius 3 is 2.33 bits per heavy atom. The summed E-state index contributed by atoms with van der Waals surface area (Å²) in [6.45, 7) is 0.241. The van der Waals surface area contributed by atoms with Crippen LogP contribution in [0, 0.1) is 11.3 Å². The quantitative estimate of drug-likeness (QED) is 0.377. The monoisotopic (exact) mass is 387 g/mol. The maximum absolute atomic E-state index is 12.1. The molecule has 0 aromatic heterocycles. The van der Waals surface area contributed by atoms with Crippen LogP contribution >= 0.6 is 0 Å². The van der Waals surface area contributed by atoms with Crippen molar-refractivity contribution in [2.75, 3.05) is 12.4 Å². The number of nitriles is 1. The van der Waals surface area contributed by atoms with E-state index in [1.165, 1.54) is 30.5 Å². The smallest absolute Gasteiger partial charge is 0.294 e. The first-order valence-corrected chi connectivity index (χ1v) is 9.13. The Labute approximate surface area is 156 Å². The van der Waals surface area contributed by atoms with Crippen molar-refractivity contribution in [1.82, 2.24) is 5.32 Å². The zero-order valence-electron chi connectivity index (χ0n) is 14.3. The summed E-state index contributed by atoms with van der Waals surface area (Å²) in [5, 5.41) is 14.5. The first kappa shape index (κ1) is 20.0. The third-order valence-corrected chi connectivity index (χ3v) is 4.38. The van der Waals surface area contributed by atoms with Crippen LogP contribution in [0.1, 0.15) is 5.56 Å². The topological polar surface area (TPSA) is 129 Å². The number of carbonyl (C=O) groups excluding carboxylic acids is 1. The third kappa shape index (κ3) is 5.85. The van der Waals surface area contributed by atoms with Crippen molar-refractivity contribution >= 4 is 21.7 Å². The van der Waals surface area contributed by atoms with Crippen LogP contribution in [-0.4, -0.2) is 26.0 Å². The Hall–Kier alpha value is -3.35. The van der Waals surface area contributed by atoms with Gasteiger partial charge in [-0.3, -0.25) is 9.35 Å². The predicted octanol–water partition coefficient (Wildman–Crippen LogP) is 2.08. The lowest BCUT2D eigenvalue weighted by molar-refractivity contribution is -0.117. The summed E-state index contributed by atoms with van der Waals surface area (Å²) in [5.41, 5.74) is 1.13. The zero-order valence-corrected chi connectivity index (χ0v) is 15.2. The Kier molecular flexibility index (Phi) is 6.54. The lowest BCUT2D eigenvalue weighted by Crippen LogP contribution is -2.24. The molecule has 0 aliphatic carbocycles. The normalized spacial score (nSPS) is 11.4. The first-order valence-electron chi connectivity index (χ1n) is 7.69. The molecule has 0 bridgehead atoms. The number of nitrogens with zero attached hydrogens (tertiary/aromatic N) is 1. The molecule has 0 heterocycles. The predicted molar refractivity (Wildman–Crippen MR) is 98.4 cm³/mol. The molecule has 27 heavy (non-hydrogen) atoms. The van der Waals surface area contributed by atoms with Crippen LogP contribution in [0.15, 0.2) is 65.2 Å². The number of hydrogen-bond acceptors (Lipinski definition) is 6. The van der Waals surface area contributed by atoms with Crippen molar-refractivity contribution in [3.8, 4) is 11.8 Å². The fourth-order valence-corrected chi connectivity index (χ4v) is 2.53. The number of anilines is 1. The third-order valence-electron chi connectivity index (χ3n) is 3.51. The number of amides is 1. The molecule has 9 heteroatoms. The van der Waals surface area contributed by atoms with E-state index in [2.05, 4.69) is 10.6 Å². The van der Waals surface area contributed by atoms with E-state index in [0.29, 0.717) is 11.4 Å². The number of nitrogens with one attached hydrogen (secondary N) is 2. The van der Waals surface area contributed by atoms with Gasteiger partial charge in [-0.25, -0.2) is 0 Å². The molecule has 2 rings (SSSR count). The van der Waals surface area contributed by atoms with Crippen molar-refractivity contribution in [3.05, 3.63) is 65.9 Å². The molecule has 1 amide bonds. The second-order valence-corrected chi connectivity index (χ2v) is 6.77. The van der Waals surface area contributed by atoms with Gasteiger partial charge in [-0.2, -0.15) is 13.7 Å². The maximum Gasteiger partial charge on any atom is 0.294 e. The second-order valence-electron chi connectivity index (χ2n) is 5.34. The van der Waals surface area contributed by atoms with Gasteiger partial charge in [-0.15, -0.1) is 0 Å². The van der Waals surface area contributed by atoms with E-state index in [-0.39, 0.29) is 17.0 Å². The highest BCUT2D eigenvalue weighted by molar-refractivity contribution is 7.85. The number of hydrogen-bond donors (Lipinski definition) is 3. The maximum atomic E-state index is 12.1. The van der Waals surface area contributed by atoms with Crippen molar-refractivity contribution < 1.29 is 22.5 Å². The summed E-state index contributed by atoms with van der Waals surface area (Å²) in [7, 11) is -2.72. The van der Waals surface area contributed by atoms with Gasteiger partial charge in [0.15, 0.2) is 0 Å². The van der Waals surface area contributed by atoms with Gasteiger partial charge >= 0.3 is 0 Å². The molecule has 0 fully saturated rings. The van der Waals surface area contributed by atoms with Gasteiger partial charge in [-0.1, -0.05) is 12.1 Å². The molecule has 0 saturated heterocycles. The molecule has 0 aliphatic heterocycles. The number of carbonyl (C=O) groups is 1. The standard InChI is InChI=1S/C18H17N3O5S/c1-26-16-6-2-13(3-7-16)11-21-18(22)14(10-19)12-20-15-4-8-17(9-5-15)27(23,24)25/h2-9,12,20H,11H2,1H3,(H,21,22)(H,23,24,25)/b14-12-. The minimum atomic E-state index is -4.27. The van der Waals surface area contributed by atoms with Crippen molar-refractivity contribution in [2.45, 2.75) is 11.4 Å². The van der Waals surface area contributed by atoms with Gasteiger partial charge in [0, 0.05) is 18.4 Å².